The highest BCUT2D eigenvalue weighted by molar-refractivity contribution is 6.06. The Labute approximate surface area is 294 Å². The van der Waals surface area contributed by atoms with Crippen molar-refractivity contribution in [2.45, 2.75) is 0 Å². The van der Waals surface area contributed by atoms with Crippen LogP contribution in [-0.2, 0) is 0 Å². The molecule has 4 nitrogen and oxygen atoms in total. The van der Waals surface area contributed by atoms with E-state index in [0.29, 0.717) is 5.89 Å². The Morgan fingerprint density at radius 2 is 1.08 bits per heavy atom. The lowest BCUT2D eigenvalue weighted by molar-refractivity contribution is 0.621. The lowest BCUT2D eigenvalue weighted by atomic mass is 10.00. The van der Waals surface area contributed by atoms with Crippen LogP contribution in [0.15, 0.2) is 191 Å². The van der Waals surface area contributed by atoms with Crippen LogP contribution in [0.1, 0.15) is 0 Å². The number of para-hydroxylation sites is 2. The Bertz CT molecular complexity index is 2870. The van der Waals surface area contributed by atoms with Crippen molar-refractivity contribution in [2.75, 3.05) is 4.90 Å². The number of furan rings is 1. The summed E-state index contributed by atoms with van der Waals surface area (Å²) in [7, 11) is 0. The van der Waals surface area contributed by atoms with Gasteiger partial charge in [-0.2, -0.15) is 0 Å². The van der Waals surface area contributed by atoms with Crippen LogP contribution in [0.4, 0.5) is 17.1 Å². The summed E-state index contributed by atoms with van der Waals surface area (Å²) in [6.07, 6.45) is 0. The number of aromatic nitrogens is 1. The molecule has 0 amide bonds. The van der Waals surface area contributed by atoms with Crippen molar-refractivity contribution in [3.8, 4) is 33.7 Å². The highest BCUT2D eigenvalue weighted by Crippen LogP contribution is 2.41. The molecule has 0 aliphatic rings. The van der Waals surface area contributed by atoms with Crippen molar-refractivity contribution in [1.82, 2.24) is 4.98 Å². The molecule has 0 atom stereocenters. The molecule has 10 aromatic rings. The largest absolute Gasteiger partial charge is 0.456 e. The third-order valence-electron chi connectivity index (χ3n) is 9.68. The van der Waals surface area contributed by atoms with E-state index >= 15 is 0 Å². The highest BCUT2D eigenvalue weighted by atomic mass is 16.3. The van der Waals surface area contributed by atoms with Crippen molar-refractivity contribution in [2.24, 2.45) is 0 Å². The van der Waals surface area contributed by atoms with Gasteiger partial charge in [-0.15, -0.1) is 0 Å². The molecule has 0 unspecified atom stereocenters. The van der Waals surface area contributed by atoms with Gasteiger partial charge in [-0.1, -0.05) is 109 Å². The number of nitrogens with zero attached hydrogens (tertiary/aromatic N) is 2. The second kappa shape index (κ2) is 11.9. The quantitative estimate of drug-likeness (QED) is 0.179. The summed E-state index contributed by atoms with van der Waals surface area (Å²) in [6.45, 7) is 0. The van der Waals surface area contributed by atoms with Gasteiger partial charge in [0.2, 0.25) is 5.89 Å². The maximum Gasteiger partial charge on any atom is 0.227 e. The Kier molecular flexibility index (Phi) is 6.78. The van der Waals surface area contributed by atoms with E-state index in [1.165, 1.54) is 16.3 Å². The molecule has 0 aliphatic heterocycles. The molecule has 2 heterocycles. The lowest BCUT2D eigenvalue weighted by Gasteiger charge is -2.26. The Morgan fingerprint density at radius 3 is 1.98 bits per heavy atom. The average molecular weight is 655 g/mol. The maximum atomic E-state index is 6.37. The van der Waals surface area contributed by atoms with E-state index in [9.17, 15) is 0 Å². The molecule has 0 saturated heterocycles. The topological polar surface area (TPSA) is 42.4 Å². The predicted octanol–water partition coefficient (Wildman–Crippen LogP) is 13.4. The number of hydrogen-bond acceptors (Lipinski definition) is 4. The van der Waals surface area contributed by atoms with Crippen LogP contribution in [-0.4, -0.2) is 4.98 Å². The molecule has 10 rings (SSSR count). The van der Waals surface area contributed by atoms with Crippen molar-refractivity contribution >= 4 is 60.9 Å². The second-order valence-corrected chi connectivity index (χ2v) is 12.8. The standard InChI is InChI=1S/C47H30N2O2/c1-2-11-33(12-3-1)47-48-43-18-9-17-40(46(43)51-47)32-22-24-37(25-23-32)49(39-26-27-42-41-16-6-7-19-44(41)50-45(42)30-39)38-15-8-14-35(29-38)36-21-20-31-10-4-5-13-34(31)28-36/h1-30H. The first-order valence-corrected chi connectivity index (χ1v) is 17.1. The van der Waals surface area contributed by atoms with Crippen LogP contribution in [0.3, 0.4) is 0 Å². The molecule has 0 radical (unpaired) electrons. The number of benzene rings is 8. The van der Waals surface area contributed by atoms with Crippen LogP contribution in [0.5, 0.6) is 0 Å². The molecule has 0 fully saturated rings. The summed E-state index contributed by atoms with van der Waals surface area (Å²) in [6, 6.07) is 63.4. The summed E-state index contributed by atoms with van der Waals surface area (Å²) >= 11 is 0. The van der Waals surface area contributed by atoms with Crippen molar-refractivity contribution < 1.29 is 8.83 Å². The number of fused-ring (bicyclic) bond motifs is 5. The van der Waals surface area contributed by atoms with E-state index in [4.69, 9.17) is 13.8 Å². The molecular weight excluding hydrogens is 625 g/mol. The van der Waals surface area contributed by atoms with Crippen LogP contribution < -0.4 is 4.90 Å². The predicted molar refractivity (Wildman–Crippen MR) is 210 cm³/mol. The van der Waals surface area contributed by atoms with Crippen molar-refractivity contribution in [1.29, 1.82) is 0 Å². The molecular formula is C47H30N2O2. The van der Waals surface area contributed by atoms with E-state index in [-0.39, 0.29) is 0 Å². The molecule has 2 aromatic heterocycles. The minimum absolute atomic E-state index is 0.619. The summed E-state index contributed by atoms with van der Waals surface area (Å²) in [5.41, 5.74) is 11.8. The van der Waals surface area contributed by atoms with E-state index in [1.807, 2.05) is 54.6 Å². The minimum Gasteiger partial charge on any atom is -0.456 e. The molecule has 51 heavy (non-hydrogen) atoms. The van der Waals surface area contributed by atoms with Gasteiger partial charge in [0.15, 0.2) is 5.58 Å². The van der Waals surface area contributed by atoms with Gasteiger partial charge in [0, 0.05) is 45.0 Å². The molecule has 0 saturated carbocycles. The molecule has 240 valence electrons. The Balaban J connectivity index is 1.09. The molecule has 4 heteroatoms. The fourth-order valence-corrected chi connectivity index (χ4v) is 7.16. The number of oxazole rings is 1. The lowest BCUT2D eigenvalue weighted by Crippen LogP contribution is -2.10. The van der Waals surface area contributed by atoms with E-state index in [0.717, 1.165) is 72.4 Å². The summed E-state index contributed by atoms with van der Waals surface area (Å²) in [5, 5.41) is 4.67. The van der Waals surface area contributed by atoms with E-state index in [2.05, 4.69) is 132 Å². The maximum absolute atomic E-state index is 6.37. The van der Waals surface area contributed by atoms with Gasteiger partial charge in [0.1, 0.15) is 16.7 Å². The minimum atomic E-state index is 0.619. The molecule has 0 spiro atoms. The van der Waals surface area contributed by atoms with Gasteiger partial charge < -0.3 is 13.7 Å². The Hall–Kier alpha value is -6.91. The summed E-state index contributed by atoms with van der Waals surface area (Å²) in [5.74, 6) is 0.619. The van der Waals surface area contributed by atoms with Gasteiger partial charge >= 0.3 is 0 Å². The summed E-state index contributed by atoms with van der Waals surface area (Å²) in [4.78, 5) is 7.10. The number of hydrogen-bond donors (Lipinski definition) is 0. The number of rotatable bonds is 6. The number of anilines is 3. The Morgan fingerprint density at radius 1 is 0.392 bits per heavy atom. The van der Waals surface area contributed by atoms with Gasteiger partial charge in [-0.25, -0.2) is 4.98 Å². The zero-order chi connectivity index (χ0) is 33.7. The van der Waals surface area contributed by atoms with Gasteiger partial charge in [-0.3, -0.25) is 0 Å². The van der Waals surface area contributed by atoms with E-state index in [1.54, 1.807) is 0 Å². The third kappa shape index (κ3) is 5.13. The average Bonchev–Trinajstić information content (AvgIpc) is 3.80. The molecule has 0 bridgehead atoms. The normalized spacial score (nSPS) is 11.5. The summed E-state index contributed by atoms with van der Waals surface area (Å²) < 4.78 is 12.7. The van der Waals surface area contributed by atoms with Crippen LogP contribution >= 0.6 is 0 Å². The zero-order valence-corrected chi connectivity index (χ0v) is 27.5. The molecule has 8 aromatic carbocycles. The highest BCUT2D eigenvalue weighted by Gasteiger charge is 2.18. The second-order valence-electron chi connectivity index (χ2n) is 12.8. The van der Waals surface area contributed by atoms with Gasteiger partial charge in [-0.05, 0) is 94.2 Å². The van der Waals surface area contributed by atoms with Crippen molar-refractivity contribution in [3.63, 3.8) is 0 Å². The van der Waals surface area contributed by atoms with Crippen molar-refractivity contribution in [3.05, 3.63) is 182 Å². The first kappa shape index (κ1) is 29.0. The molecule has 0 N–H and O–H groups in total. The first-order valence-electron chi connectivity index (χ1n) is 17.1. The van der Waals surface area contributed by atoms with Gasteiger partial charge in [0.25, 0.3) is 0 Å². The van der Waals surface area contributed by atoms with Crippen LogP contribution in [0.2, 0.25) is 0 Å². The van der Waals surface area contributed by atoms with Gasteiger partial charge in [0.05, 0.1) is 0 Å². The fourth-order valence-electron chi connectivity index (χ4n) is 7.16. The van der Waals surface area contributed by atoms with Crippen LogP contribution in [0.25, 0.3) is 77.5 Å². The fraction of sp³-hybridized carbons (Fsp3) is 0. The van der Waals surface area contributed by atoms with Crippen LogP contribution in [0, 0.1) is 0 Å². The zero-order valence-electron chi connectivity index (χ0n) is 27.5. The third-order valence-corrected chi connectivity index (χ3v) is 9.68. The smallest absolute Gasteiger partial charge is 0.227 e. The van der Waals surface area contributed by atoms with E-state index < -0.39 is 0 Å². The first-order chi connectivity index (χ1) is 25.2. The monoisotopic (exact) mass is 654 g/mol. The molecule has 0 aliphatic carbocycles. The SMILES string of the molecule is c1ccc(-c2nc3cccc(-c4ccc(N(c5cccc(-c6ccc7ccccc7c6)c5)c5ccc6c(c5)oc5ccccc56)cc4)c3o2)cc1.